The van der Waals surface area contributed by atoms with Crippen LogP contribution in [0.25, 0.3) is 0 Å². The van der Waals surface area contributed by atoms with E-state index in [2.05, 4.69) is 26.8 Å². The normalized spacial score (nSPS) is 12.6. The van der Waals surface area contributed by atoms with Crippen LogP contribution in [0.2, 0.25) is 0 Å². The summed E-state index contributed by atoms with van der Waals surface area (Å²) in [6.07, 6.45) is 2.84. The molecule has 1 nitrogen and oxygen atoms in total. The lowest BCUT2D eigenvalue weighted by Gasteiger charge is -2.02. The lowest BCUT2D eigenvalue weighted by atomic mass is 10.4. The van der Waals surface area contributed by atoms with Crippen LogP contribution in [0.4, 0.5) is 0 Å². The van der Waals surface area contributed by atoms with E-state index in [0.717, 1.165) is 6.42 Å². The predicted octanol–water partition coefficient (Wildman–Crippen LogP) is 3.06. The summed E-state index contributed by atoms with van der Waals surface area (Å²) in [5.74, 6) is 0. The zero-order valence-electron chi connectivity index (χ0n) is 7.33. The van der Waals surface area contributed by atoms with Crippen molar-refractivity contribution in [3.63, 3.8) is 0 Å². The molecule has 1 N–H and O–H groups in total. The first-order valence-electron chi connectivity index (χ1n) is 3.77. The van der Waals surface area contributed by atoms with Gasteiger partial charge in [0.1, 0.15) is 0 Å². The van der Waals surface area contributed by atoms with Gasteiger partial charge in [-0.3, -0.25) is 0 Å². The monoisotopic (exact) mass is 192 g/mol. The molecule has 0 aliphatic rings. The minimum atomic E-state index is 0.254. The Bertz CT molecular complexity index is 121. The van der Waals surface area contributed by atoms with Crippen molar-refractivity contribution in [3.05, 3.63) is 11.0 Å². The molecule has 0 atom stereocenters. The molecule has 0 heterocycles. The third kappa shape index (κ3) is 8.30. The molecular formula is C8H16OS2. The third-order valence-corrected chi connectivity index (χ3v) is 4.08. The minimum absolute atomic E-state index is 0.254. The van der Waals surface area contributed by atoms with Crippen LogP contribution in [-0.2, 0) is 0 Å². The summed E-state index contributed by atoms with van der Waals surface area (Å²) >= 11 is 0. The molecule has 0 aromatic heterocycles. The summed E-state index contributed by atoms with van der Waals surface area (Å²) in [6, 6.07) is 0. The van der Waals surface area contributed by atoms with Gasteiger partial charge >= 0.3 is 0 Å². The summed E-state index contributed by atoms with van der Waals surface area (Å²) in [6.45, 7) is 6.69. The molecule has 66 valence electrons. The van der Waals surface area contributed by atoms with Gasteiger partial charge in [0, 0.05) is 11.9 Å². The van der Waals surface area contributed by atoms with Crippen LogP contribution in [0.5, 0.6) is 0 Å². The Labute approximate surface area is 77.0 Å². The summed E-state index contributed by atoms with van der Waals surface area (Å²) < 4.78 is 0. The quantitative estimate of drug-likeness (QED) is 0.676. The molecular weight excluding hydrogens is 176 g/mol. The lowest BCUT2D eigenvalue weighted by molar-refractivity contribution is 0.302. The highest BCUT2D eigenvalue weighted by molar-refractivity contribution is 8.78. The molecule has 0 radical (unpaired) electrons. The fourth-order valence-corrected chi connectivity index (χ4v) is 2.24. The van der Waals surface area contributed by atoms with E-state index in [1.165, 1.54) is 4.91 Å². The molecule has 0 fully saturated rings. The first-order chi connectivity index (χ1) is 5.16. The van der Waals surface area contributed by atoms with Gasteiger partial charge in [0.2, 0.25) is 0 Å². The third-order valence-electron chi connectivity index (χ3n) is 0.933. The zero-order chi connectivity index (χ0) is 8.69. The number of hydrogen-bond acceptors (Lipinski definition) is 3. The number of aliphatic hydroxyl groups is 1. The van der Waals surface area contributed by atoms with Crippen molar-refractivity contribution in [2.75, 3.05) is 6.61 Å². The number of aliphatic hydroxyl groups excluding tert-OH is 1. The Kier molecular flexibility index (Phi) is 7.33. The zero-order valence-corrected chi connectivity index (χ0v) is 8.97. The SMILES string of the molecule is CC(=CCCO)SSC(C)C. The maximum absolute atomic E-state index is 8.53. The number of allylic oxidation sites excluding steroid dienone is 1. The Hall–Kier alpha value is 0.400. The van der Waals surface area contributed by atoms with Crippen LogP contribution in [0.3, 0.4) is 0 Å². The second-order valence-electron chi connectivity index (χ2n) is 2.56. The van der Waals surface area contributed by atoms with Gasteiger partial charge in [0.25, 0.3) is 0 Å². The fourth-order valence-electron chi connectivity index (χ4n) is 0.474. The number of hydrogen-bond donors (Lipinski definition) is 1. The predicted molar refractivity (Wildman–Crippen MR) is 55.8 cm³/mol. The van der Waals surface area contributed by atoms with Gasteiger partial charge in [-0.2, -0.15) is 0 Å². The molecule has 0 aromatic carbocycles. The van der Waals surface area contributed by atoms with E-state index in [0.29, 0.717) is 5.25 Å². The van der Waals surface area contributed by atoms with Crippen LogP contribution in [-0.4, -0.2) is 17.0 Å². The van der Waals surface area contributed by atoms with E-state index in [9.17, 15) is 0 Å². The highest BCUT2D eigenvalue weighted by Gasteiger charge is 1.95. The molecule has 11 heavy (non-hydrogen) atoms. The van der Waals surface area contributed by atoms with Crippen LogP contribution >= 0.6 is 21.6 Å². The van der Waals surface area contributed by atoms with E-state index in [4.69, 9.17) is 5.11 Å². The molecule has 0 aliphatic carbocycles. The van der Waals surface area contributed by atoms with Gasteiger partial charge < -0.3 is 5.11 Å². The maximum atomic E-state index is 8.53. The van der Waals surface area contributed by atoms with Crippen LogP contribution < -0.4 is 0 Å². The van der Waals surface area contributed by atoms with Gasteiger partial charge in [-0.05, 0) is 18.2 Å². The molecule has 0 spiro atoms. The Morgan fingerprint density at radius 1 is 1.55 bits per heavy atom. The fraction of sp³-hybridized carbons (Fsp3) is 0.750. The molecule has 0 saturated carbocycles. The first kappa shape index (κ1) is 11.4. The van der Waals surface area contributed by atoms with Gasteiger partial charge in [-0.25, -0.2) is 0 Å². The lowest BCUT2D eigenvalue weighted by Crippen LogP contribution is -1.81. The van der Waals surface area contributed by atoms with Crippen molar-refractivity contribution in [3.8, 4) is 0 Å². The van der Waals surface area contributed by atoms with Gasteiger partial charge in [-0.1, -0.05) is 41.5 Å². The van der Waals surface area contributed by atoms with Gasteiger partial charge in [0.05, 0.1) is 0 Å². The van der Waals surface area contributed by atoms with E-state index in [1.807, 2.05) is 10.8 Å². The van der Waals surface area contributed by atoms with Crippen molar-refractivity contribution in [1.29, 1.82) is 0 Å². The smallest absolute Gasteiger partial charge is 0.0465 e. The van der Waals surface area contributed by atoms with Crippen LogP contribution in [0.15, 0.2) is 11.0 Å². The Morgan fingerprint density at radius 3 is 2.64 bits per heavy atom. The maximum Gasteiger partial charge on any atom is 0.0465 e. The van der Waals surface area contributed by atoms with E-state index < -0.39 is 0 Å². The van der Waals surface area contributed by atoms with Crippen molar-refractivity contribution >= 4 is 21.6 Å². The molecule has 3 heteroatoms. The molecule has 0 amide bonds. The molecule has 0 bridgehead atoms. The molecule has 0 aliphatic heterocycles. The van der Waals surface area contributed by atoms with Crippen molar-refractivity contribution in [2.24, 2.45) is 0 Å². The van der Waals surface area contributed by atoms with Gasteiger partial charge in [0.15, 0.2) is 0 Å². The summed E-state index contributed by atoms with van der Waals surface area (Å²) in [5, 5.41) is 9.20. The summed E-state index contributed by atoms with van der Waals surface area (Å²) in [7, 11) is 3.65. The molecule has 0 saturated heterocycles. The average Bonchev–Trinajstić information content (AvgIpc) is 1.97. The second-order valence-corrected chi connectivity index (χ2v) is 5.58. The topological polar surface area (TPSA) is 20.2 Å². The van der Waals surface area contributed by atoms with Crippen molar-refractivity contribution in [1.82, 2.24) is 0 Å². The Balaban J connectivity index is 3.42. The summed E-state index contributed by atoms with van der Waals surface area (Å²) in [5.41, 5.74) is 0. The van der Waals surface area contributed by atoms with E-state index in [1.54, 1.807) is 10.8 Å². The molecule has 0 rings (SSSR count). The van der Waals surface area contributed by atoms with E-state index >= 15 is 0 Å². The standard InChI is InChI=1S/C8H16OS2/c1-7(2)10-11-8(3)5-4-6-9/h5,7,9H,4,6H2,1-3H3. The van der Waals surface area contributed by atoms with Crippen LogP contribution in [0.1, 0.15) is 27.2 Å². The minimum Gasteiger partial charge on any atom is -0.396 e. The van der Waals surface area contributed by atoms with Crippen LogP contribution in [0, 0.1) is 0 Å². The summed E-state index contributed by atoms with van der Waals surface area (Å²) in [4.78, 5) is 1.29. The van der Waals surface area contributed by atoms with Crippen molar-refractivity contribution < 1.29 is 5.11 Å². The van der Waals surface area contributed by atoms with Gasteiger partial charge in [-0.15, -0.1) is 0 Å². The highest BCUT2D eigenvalue weighted by atomic mass is 33.1. The van der Waals surface area contributed by atoms with E-state index in [-0.39, 0.29) is 6.61 Å². The first-order valence-corrected chi connectivity index (χ1v) is 5.99. The number of rotatable bonds is 5. The Morgan fingerprint density at radius 2 is 2.18 bits per heavy atom. The average molecular weight is 192 g/mol. The highest BCUT2D eigenvalue weighted by Crippen LogP contribution is 2.32. The largest absolute Gasteiger partial charge is 0.396 e. The molecule has 0 unspecified atom stereocenters. The molecule has 0 aromatic rings. The second kappa shape index (κ2) is 7.07. The van der Waals surface area contributed by atoms with Crippen molar-refractivity contribution in [2.45, 2.75) is 32.4 Å².